The number of carbonyl (C=O) groups is 3. The van der Waals surface area contributed by atoms with Crippen LogP contribution < -0.4 is 0 Å². The number of benzene rings is 1. The molecule has 1 fully saturated rings. The molecule has 5 heteroatoms. The lowest BCUT2D eigenvalue weighted by Crippen LogP contribution is -2.36. The molecule has 0 spiro atoms. The molecule has 1 aromatic rings. The smallest absolute Gasteiger partial charge is 0.318 e. The summed E-state index contributed by atoms with van der Waals surface area (Å²) >= 11 is 0. The van der Waals surface area contributed by atoms with Crippen LogP contribution in [0.25, 0.3) is 0 Å². The Kier molecular flexibility index (Phi) is 2.91. The maximum atomic E-state index is 11.8. The van der Waals surface area contributed by atoms with E-state index < -0.39 is 6.03 Å². The molecule has 1 heterocycles. The summed E-state index contributed by atoms with van der Waals surface area (Å²) in [6, 6.07) is 8.20. The molecule has 1 saturated heterocycles. The normalized spacial score (nSPS) is 15.6. The molecule has 0 radical (unpaired) electrons. The maximum Gasteiger partial charge on any atom is 0.327 e. The standard InChI is InChI=1S/C12H12N2O3/c1-13-8-11(16)14(12(13)17)7-10(15)9-5-3-2-4-6-9/h2-6H,7-8H2,1H3. The number of hydrogen-bond donors (Lipinski definition) is 0. The number of ketones is 1. The van der Waals surface area contributed by atoms with Gasteiger partial charge in [-0.2, -0.15) is 0 Å². The summed E-state index contributed by atoms with van der Waals surface area (Å²) in [6.07, 6.45) is 0. The lowest BCUT2D eigenvalue weighted by molar-refractivity contribution is -0.125. The molecule has 2 rings (SSSR count). The van der Waals surface area contributed by atoms with Crippen molar-refractivity contribution in [2.24, 2.45) is 0 Å². The first kappa shape index (κ1) is 11.3. The van der Waals surface area contributed by atoms with E-state index in [9.17, 15) is 14.4 Å². The molecule has 1 aliphatic heterocycles. The van der Waals surface area contributed by atoms with Crippen LogP contribution >= 0.6 is 0 Å². The van der Waals surface area contributed by atoms with E-state index in [4.69, 9.17) is 0 Å². The highest BCUT2D eigenvalue weighted by Crippen LogP contribution is 2.09. The van der Waals surface area contributed by atoms with Crippen molar-refractivity contribution in [3.8, 4) is 0 Å². The van der Waals surface area contributed by atoms with Crippen molar-refractivity contribution in [3.63, 3.8) is 0 Å². The fourth-order valence-corrected chi connectivity index (χ4v) is 1.68. The van der Waals surface area contributed by atoms with E-state index >= 15 is 0 Å². The fourth-order valence-electron chi connectivity index (χ4n) is 1.68. The molecule has 0 saturated carbocycles. The third kappa shape index (κ3) is 2.18. The van der Waals surface area contributed by atoms with Gasteiger partial charge in [-0.1, -0.05) is 30.3 Å². The molecule has 0 aromatic heterocycles. The molecule has 17 heavy (non-hydrogen) atoms. The van der Waals surface area contributed by atoms with Gasteiger partial charge in [0.25, 0.3) is 5.91 Å². The minimum Gasteiger partial charge on any atom is -0.318 e. The number of likely N-dealkylation sites (N-methyl/N-ethyl adjacent to an activating group) is 1. The number of amides is 3. The quantitative estimate of drug-likeness (QED) is 0.571. The van der Waals surface area contributed by atoms with Crippen molar-refractivity contribution < 1.29 is 14.4 Å². The van der Waals surface area contributed by atoms with Gasteiger partial charge in [-0.25, -0.2) is 4.79 Å². The van der Waals surface area contributed by atoms with Crippen LogP contribution in [0, 0.1) is 0 Å². The van der Waals surface area contributed by atoms with Gasteiger partial charge >= 0.3 is 6.03 Å². The molecule has 88 valence electrons. The van der Waals surface area contributed by atoms with Crippen LogP contribution in [-0.4, -0.2) is 47.7 Å². The molecule has 0 atom stereocenters. The highest BCUT2D eigenvalue weighted by Gasteiger charge is 2.34. The molecule has 1 aromatic carbocycles. The van der Waals surface area contributed by atoms with Crippen molar-refractivity contribution >= 4 is 17.7 Å². The van der Waals surface area contributed by atoms with Crippen molar-refractivity contribution in [3.05, 3.63) is 35.9 Å². The van der Waals surface area contributed by atoms with Gasteiger partial charge in [0.15, 0.2) is 5.78 Å². The lowest BCUT2D eigenvalue weighted by atomic mass is 10.1. The SMILES string of the molecule is CN1CC(=O)N(CC(=O)c2ccccc2)C1=O. The largest absolute Gasteiger partial charge is 0.327 e. The second kappa shape index (κ2) is 4.37. The van der Waals surface area contributed by atoms with Crippen LogP contribution in [0.3, 0.4) is 0 Å². The van der Waals surface area contributed by atoms with Gasteiger partial charge in [-0.3, -0.25) is 14.5 Å². The van der Waals surface area contributed by atoms with Crippen LogP contribution in [0.1, 0.15) is 10.4 Å². The Morgan fingerprint density at radius 1 is 1.24 bits per heavy atom. The van der Waals surface area contributed by atoms with E-state index in [1.54, 1.807) is 30.3 Å². The van der Waals surface area contributed by atoms with E-state index in [1.807, 2.05) is 0 Å². The highest BCUT2D eigenvalue weighted by atomic mass is 16.2. The molecular formula is C12H12N2O3. The van der Waals surface area contributed by atoms with E-state index in [0.29, 0.717) is 5.56 Å². The van der Waals surface area contributed by atoms with Crippen LogP contribution in [0.2, 0.25) is 0 Å². The first-order valence-corrected chi connectivity index (χ1v) is 5.23. The second-order valence-corrected chi connectivity index (χ2v) is 3.91. The van der Waals surface area contributed by atoms with E-state index in [-0.39, 0.29) is 24.8 Å². The maximum absolute atomic E-state index is 11.8. The van der Waals surface area contributed by atoms with Crippen molar-refractivity contribution in [1.29, 1.82) is 0 Å². The molecule has 0 unspecified atom stereocenters. The summed E-state index contributed by atoms with van der Waals surface area (Å²) < 4.78 is 0. The van der Waals surface area contributed by atoms with Crippen molar-refractivity contribution in [1.82, 2.24) is 9.80 Å². The van der Waals surface area contributed by atoms with Gasteiger partial charge in [0.05, 0.1) is 6.54 Å². The lowest BCUT2D eigenvalue weighted by Gasteiger charge is -2.12. The number of hydrogen-bond acceptors (Lipinski definition) is 3. The molecule has 0 aliphatic carbocycles. The zero-order chi connectivity index (χ0) is 12.4. The first-order chi connectivity index (χ1) is 8.09. The van der Waals surface area contributed by atoms with Gasteiger partial charge in [0, 0.05) is 12.6 Å². The number of nitrogens with zero attached hydrogens (tertiary/aromatic N) is 2. The molecule has 5 nitrogen and oxygen atoms in total. The van der Waals surface area contributed by atoms with Gasteiger partial charge in [0.2, 0.25) is 0 Å². The molecule has 0 bridgehead atoms. The average molecular weight is 232 g/mol. The zero-order valence-electron chi connectivity index (χ0n) is 9.42. The van der Waals surface area contributed by atoms with E-state index in [0.717, 1.165) is 4.90 Å². The molecule has 1 aliphatic rings. The van der Waals surface area contributed by atoms with Crippen LogP contribution in [0.4, 0.5) is 4.79 Å². The van der Waals surface area contributed by atoms with Crippen molar-refractivity contribution in [2.75, 3.05) is 20.1 Å². The predicted octanol–water partition coefficient (Wildman–Crippen LogP) is 0.763. The van der Waals surface area contributed by atoms with E-state index in [1.165, 1.54) is 11.9 Å². The summed E-state index contributed by atoms with van der Waals surface area (Å²) in [5.41, 5.74) is 0.502. The minimum absolute atomic E-state index is 0.0426. The third-order valence-corrected chi connectivity index (χ3v) is 2.63. The van der Waals surface area contributed by atoms with Crippen LogP contribution in [-0.2, 0) is 4.79 Å². The third-order valence-electron chi connectivity index (χ3n) is 2.63. The second-order valence-electron chi connectivity index (χ2n) is 3.91. The first-order valence-electron chi connectivity index (χ1n) is 5.23. The Labute approximate surface area is 98.6 Å². The van der Waals surface area contributed by atoms with Crippen LogP contribution in [0.15, 0.2) is 30.3 Å². The number of carbonyl (C=O) groups excluding carboxylic acids is 3. The van der Waals surface area contributed by atoms with Gasteiger partial charge < -0.3 is 4.90 Å². The van der Waals surface area contributed by atoms with Crippen molar-refractivity contribution in [2.45, 2.75) is 0 Å². The average Bonchev–Trinajstić information content (AvgIpc) is 2.57. The van der Waals surface area contributed by atoms with Gasteiger partial charge in [-0.15, -0.1) is 0 Å². The Morgan fingerprint density at radius 2 is 1.88 bits per heavy atom. The Morgan fingerprint density at radius 3 is 2.41 bits per heavy atom. The predicted molar refractivity (Wildman–Crippen MR) is 60.5 cm³/mol. The zero-order valence-corrected chi connectivity index (χ0v) is 9.42. The Balaban J connectivity index is 2.10. The topological polar surface area (TPSA) is 57.7 Å². The molecule has 0 N–H and O–H groups in total. The number of urea groups is 1. The Hall–Kier alpha value is -2.17. The Bertz CT molecular complexity index is 470. The number of rotatable bonds is 3. The summed E-state index contributed by atoms with van der Waals surface area (Å²) in [6.45, 7) is -0.146. The van der Waals surface area contributed by atoms with E-state index in [2.05, 4.69) is 0 Å². The molecular weight excluding hydrogens is 220 g/mol. The fraction of sp³-hybridized carbons (Fsp3) is 0.250. The summed E-state index contributed by atoms with van der Waals surface area (Å²) in [5.74, 6) is -0.565. The highest BCUT2D eigenvalue weighted by molar-refractivity contribution is 6.07. The monoisotopic (exact) mass is 232 g/mol. The number of imide groups is 1. The summed E-state index contributed by atoms with van der Waals surface area (Å²) in [7, 11) is 1.53. The van der Waals surface area contributed by atoms with Gasteiger partial charge in [-0.05, 0) is 0 Å². The van der Waals surface area contributed by atoms with Gasteiger partial charge in [0.1, 0.15) is 6.54 Å². The van der Waals surface area contributed by atoms with Crippen LogP contribution in [0.5, 0.6) is 0 Å². The molecule has 3 amide bonds. The minimum atomic E-state index is -0.417. The summed E-state index contributed by atoms with van der Waals surface area (Å²) in [5, 5.41) is 0. The number of Topliss-reactive ketones (excluding diaryl/α,β-unsaturated/α-hetero) is 1. The summed E-state index contributed by atoms with van der Waals surface area (Å²) in [4.78, 5) is 37.1.